The van der Waals surface area contributed by atoms with Gasteiger partial charge in [-0.2, -0.15) is 0 Å². The summed E-state index contributed by atoms with van der Waals surface area (Å²) in [5.41, 5.74) is 2.75. The van der Waals surface area contributed by atoms with Crippen LogP contribution in [0.1, 0.15) is 61.1 Å². The maximum Gasteiger partial charge on any atom is 0.258 e. The molecule has 2 aliphatic rings. The Labute approximate surface area is 182 Å². The van der Waals surface area contributed by atoms with Gasteiger partial charge in [-0.05, 0) is 47.2 Å². The van der Waals surface area contributed by atoms with E-state index in [1.54, 1.807) is 0 Å². The van der Waals surface area contributed by atoms with Crippen LogP contribution < -0.4 is 15.4 Å². The molecular weight excluding hydrogens is 390 g/mol. The molecule has 31 heavy (non-hydrogen) atoms. The number of tetrazole rings is 1. The minimum absolute atomic E-state index is 0.0243. The second-order valence-corrected chi connectivity index (χ2v) is 9.41. The number of aromatic nitrogens is 5. The number of aryl methyl sites for hydroxylation is 1. The molecule has 1 saturated carbocycles. The number of hydrogen-bond donors (Lipinski definition) is 3. The van der Waals surface area contributed by atoms with Gasteiger partial charge in [0.25, 0.3) is 5.56 Å². The Morgan fingerprint density at radius 3 is 2.68 bits per heavy atom. The number of benzene rings is 1. The molecule has 1 saturated heterocycles. The van der Waals surface area contributed by atoms with Gasteiger partial charge < -0.3 is 14.8 Å². The number of quaternary nitrogens is 2. The Kier molecular flexibility index (Phi) is 5.58. The summed E-state index contributed by atoms with van der Waals surface area (Å²) in [6.45, 7) is 6.20. The molecule has 5 rings (SSSR count). The molecule has 1 atom stereocenters. The van der Waals surface area contributed by atoms with Crippen LogP contribution in [0.15, 0.2) is 29.1 Å². The van der Waals surface area contributed by atoms with E-state index in [0.717, 1.165) is 66.9 Å². The zero-order valence-electron chi connectivity index (χ0n) is 18.5. The first-order valence-electron chi connectivity index (χ1n) is 11.7. The Morgan fingerprint density at radius 1 is 1.13 bits per heavy atom. The molecule has 1 aromatic carbocycles. The molecule has 8 nitrogen and oxygen atoms in total. The number of pyridine rings is 1. The van der Waals surface area contributed by atoms with Crippen molar-refractivity contribution < 1.29 is 9.80 Å². The molecule has 0 unspecified atom stereocenters. The average Bonchev–Trinajstić information content (AvgIpc) is 3.26. The lowest BCUT2D eigenvalue weighted by Gasteiger charge is -2.33. The van der Waals surface area contributed by atoms with Crippen molar-refractivity contribution in [3.8, 4) is 0 Å². The van der Waals surface area contributed by atoms with Gasteiger partial charge in [0.1, 0.15) is 26.2 Å². The third-order valence-corrected chi connectivity index (χ3v) is 7.28. The van der Waals surface area contributed by atoms with Crippen LogP contribution in [0.3, 0.4) is 0 Å². The Balaban J connectivity index is 1.63. The molecule has 0 spiro atoms. The van der Waals surface area contributed by atoms with Gasteiger partial charge in [-0.15, -0.1) is 5.10 Å². The maximum absolute atomic E-state index is 13.4. The van der Waals surface area contributed by atoms with Crippen molar-refractivity contribution in [3.63, 3.8) is 0 Å². The number of aromatic amines is 1. The number of H-pyrrole nitrogens is 1. The summed E-state index contributed by atoms with van der Waals surface area (Å²) < 4.78 is 2.04. The smallest absolute Gasteiger partial charge is 0.258 e. The number of rotatable bonds is 4. The van der Waals surface area contributed by atoms with E-state index in [1.165, 1.54) is 29.1 Å². The van der Waals surface area contributed by atoms with Gasteiger partial charge in [0.15, 0.2) is 6.04 Å². The minimum Gasteiger partial charge on any atom is -0.328 e. The van der Waals surface area contributed by atoms with Crippen LogP contribution >= 0.6 is 0 Å². The van der Waals surface area contributed by atoms with Gasteiger partial charge in [0.2, 0.25) is 5.82 Å². The van der Waals surface area contributed by atoms with Crippen LogP contribution in [0.5, 0.6) is 0 Å². The highest BCUT2D eigenvalue weighted by Gasteiger charge is 2.38. The lowest BCUT2D eigenvalue weighted by Crippen LogP contribution is -3.27. The summed E-state index contributed by atoms with van der Waals surface area (Å²) in [4.78, 5) is 19.5. The molecule has 3 heterocycles. The topological polar surface area (TPSA) is 85.3 Å². The van der Waals surface area contributed by atoms with Crippen molar-refractivity contribution in [2.45, 2.75) is 51.1 Å². The van der Waals surface area contributed by atoms with Crippen LogP contribution in [0.4, 0.5) is 0 Å². The molecule has 0 amide bonds. The predicted molar refractivity (Wildman–Crippen MR) is 118 cm³/mol. The molecule has 164 valence electrons. The first kappa shape index (κ1) is 20.3. The van der Waals surface area contributed by atoms with Crippen molar-refractivity contribution in [2.24, 2.45) is 0 Å². The standard InChI is InChI=1S/C23H31N7O/c1-16-7-6-8-17-15-19(23(31)24-20(16)17)21(29-13-11-28(2)12-14-29)22-25-26-27-30(22)18-9-4-3-5-10-18/h6-8,15,18,21H,3-5,9-14H2,1-2H3,(H,24,31)/p+2/t21-/m1/s1. The second-order valence-electron chi connectivity index (χ2n) is 9.41. The summed E-state index contributed by atoms with van der Waals surface area (Å²) in [5.74, 6) is 0.846. The largest absolute Gasteiger partial charge is 0.328 e. The highest BCUT2D eigenvalue weighted by atomic mass is 16.1. The third kappa shape index (κ3) is 3.90. The van der Waals surface area contributed by atoms with Gasteiger partial charge >= 0.3 is 0 Å². The number of para-hydroxylation sites is 1. The van der Waals surface area contributed by atoms with Gasteiger partial charge in [0.05, 0.1) is 24.2 Å². The van der Waals surface area contributed by atoms with Crippen molar-refractivity contribution in [3.05, 3.63) is 51.6 Å². The summed E-state index contributed by atoms with van der Waals surface area (Å²) >= 11 is 0. The molecule has 1 aliphatic heterocycles. The summed E-state index contributed by atoms with van der Waals surface area (Å²) in [6.07, 6.45) is 5.94. The van der Waals surface area contributed by atoms with Crippen molar-refractivity contribution in [1.82, 2.24) is 25.2 Å². The fourth-order valence-corrected chi connectivity index (χ4v) is 5.42. The van der Waals surface area contributed by atoms with E-state index in [9.17, 15) is 4.79 Å². The Hall–Kier alpha value is -2.58. The van der Waals surface area contributed by atoms with Crippen LogP contribution in [-0.2, 0) is 0 Å². The molecule has 1 aliphatic carbocycles. The highest BCUT2D eigenvalue weighted by molar-refractivity contribution is 5.82. The lowest BCUT2D eigenvalue weighted by atomic mass is 9.95. The Morgan fingerprint density at radius 2 is 1.90 bits per heavy atom. The summed E-state index contributed by atoms with van der Waals surface area (Å²) in [5, 5.41) is 14.1. The number of fused-ring (bicyclic) bond motifs is 1. The second kappa shape index (κ2) is 8.51. The molecule has 0 radical (unpaired) electrons. The van der Waals surface area contributed by atoms with Gasteiger partial charge in [-0.25, -0.2) is 4.68 Å². The molecule has 3 aromatic rings. The molecule has 8 heteroatoms. The third-order valence-electron chi connectivity index (χ3n) is 7.28. The van der Waals surface area contributed by atoms with Gasteiger partial charge in [-0.1, -0.05) is 37.5 Å². The van der Waals surface area contributed by atoms with Gasteiger partial charge in [-0.3, -0.25) is 4.79 Å². The maximum atomic E-state index is 13.4. The molecule has 3 N–H and O–H groups in total. The average molecular weight is 424 g/mol. The van der Waals surface area contributed by atoms with E-state index in [-0.39, 0.29) is 11.6 Å². The SMILES string of the molecule is Cc1cccc2cc([C@H](c3nnnn3C3CCCCC3)[NH+]3CC[NH+](C)CC3)c(=O)[nH]c12. The first-order valence-corrected chi connectivity index (χ1v) is 11.7. The number of nitrogens with zero attached hydrogens (tertiary/aromatic N) is 4. The summed E-state index contributed by atoms with van der Waals surface area (Å²) in [6, 6.07) is 8.41. The van der Waals surface area contributed by atoms with E-state index >= 15 is 0 Å². The van der Waals surface area contributed by atoms with Crippen LogP contribution in [0.2, 0.25) is 0 Å². The van der Waals surface area contributed by atoms with Crippen molar-refractivity contribution >= 4 is 10.9 Å². The fourth-order valence-electron chi connectivity index (χ4n) is 5.42. The highest BCUT2D eigenvalue weighted by Crippen LogP contribution is 2.30. The van der Waals surface area contributed by atoms with Crippen LogP contribution in [0, 0.1) is 6.92 Å². The summed E-state index contributed by atoms with van der Waals surface area (Å²) in [7, 11) is 2.24. The minimum atomic E-state index is -0.154. The van der Waals surface area contributed by atoms with Crippen LogP contribution in [0.25, 0.3) is 10.9 Å². The molecule has 2 aromatic heterocycles. The van der Waals surface area contributed by atoms with Crippen molar-refractivity contribution in [1.29, 1.82) is 0 Å². The van der Waals surface area contributed by atoms with E-state index in [0.29, 0.717) is 6.04 Å². The predicted octanol–water partition coefficient (Wildman–Crippen LogP) is -0.169. The number of likely N-dealkylation sites (N-methyl/N-ethyl adjacent to an activating group) is 1. The normalized spacial score (nSPS) is 23.8. The first-order chi connectivity index (χ1) is 15.1. The zero-order chi connectivity index (χ0) is 21.4. The fraction of sp³-hybridized carbons (Fsp3) is 0.565. The van der Waals surface area contributed by atoms with E-state index in [2.05, 4.69) is 39.7 Å². The molecule has 0 bridgehead atoms. The lowest BCUT2D eigenvalue weighted by molar-refractivity contribution is -1.02. The molecular formula is C23H33N7O+2. The van der Waals surface area contributed by atoms with Crippen molar-refractivity contribution in [2.75, 3.05) is 33.2 Å². The number of nitrogens with one attached hydrogen (secondary N) is 3. The zero-order valence-corrected chi connectivity index (χ0v) is 18.5. The number of hydrogen-bond acceptors (Lipinski definition) is 4. The van der Waals surface area contributed by atoms with E-state index in [1.807, 2.05) is 23.7 Å². The number of piperazine rings is 1. The van der Waals surface area contributed by atoms with E-state index < -0.39 is 0 Å². The monoisotopic (exact) mass is 423 g/mol. The van der Waals surface area contributed by atoms with Gasteiger partial charge in [0, 0.05) is 0 Å². The quantitative estimate of drug-likeness (QED) is 0.544. The molecule has 2 fully saturated rings. The Bertz CT molecular complexity index is 1110. The van der Waals surface area contributed by atoms with Crippen LogP contribution in [-0.4, -0.2) is 58.4 Å². The van der Waals surface area contributed by atoms with E-state index in [4.69, 9.17) is 0 Å².